The van der Waals surface area contributed by atoms with Crippen molar-refractivity contribution in [3.05, 3.63) is 46.9 Å². The smallest absolute Gasteiger partial charge is 0.343 e. The summed E-state index contributed by atoms with van der Waals surface area (Å²) in [6.45, 7) is 5.94. The van der Waals surface area contributed by atoms with E-state index in [1.807, 2.05) is 11.9 Å². The van der Waals surface area contributed by atoms with Crippen molar-refractivity contribution in [2.45, 2.75) is 25.8 Å². The van der Waals surface area contributed by atoms with Gasteiger partial charge in [0.15, 0.2) is 0 Å². The van der Waals surface area contributed by atoms with E-state index in [-0.39, 0.29) is 18.7 Å². The van der Waals surface area contributed by atoms with Gasteiger partial charge in [0.2, 0.25) is 5.91 Å². The highest BCUT2D eigenvalue weighted by molar-refractivity contribution is 6.30. The molecule has 10 heteroatoms. The molecule has 1 aliphatic rings. The number of hydrogen-bond donors (Lipinski definition) is 3. The van der Waals surface area contributed by atoms with Crippen molar-refractivity contribution in [1.29, 1.82) is 0 Å². The number of hydrogen-bond acceptors (Lipinski definition) is 5. The molecule has 0 saturated carbocycles. The molecule has 1 aromatic carbocycles. The Hall–Kier alpha value is -2.91. The lowest BCUT2D eigenvalue weighted by Gasteiger charge is -2.26. The second kappa shape index (κ2) is 9.49. The lowest BCUT2D eigenvalue weighted by molar-refractivity contribution is -0.122. The second-order valence-electron chi connectivity index (χ2n) is 7.45. The van der Waals surface area contributed by atoms with Crippen LogP contribution in [0.1, 0.15) is 19.0 Å². The molecule has 8 nitrogen and oxygen atoms in total. The third-order valence-electron chi connectivity index (χ3n) is 5.05. The Kier molecular flexibility index (Phi) is 6.97. The fourth-order valence-corrected chi connectivity index (χ4v) is 3.74. The van der Waals surface area contributed by atoms with Gasteiger partial charge in [-0.3, -0.25) is 4.79 Å². The Morgan fingerprint density at radius 1 is 1.42 bits per heavy atom. The molecule has 0 radical (unpaired) electrons. The highest BCUT2D eigenvalue weighted by Crippen LogP contribution is 2.38. The van der Waals surface area contributed by atoms with Gasteiger partial charge in [0.1, 0.15) is 17.6 Å². The van der Waals surface area contributed by atoms with E-state index in [9.17, 15) is 14.0 Å². The molecule has 1 aliphatic heterocycles. The van der Waals surface area contributed by atoms with E-state index in [4.69, 9.17) is 16.7 Å². The van der Waals surface area contributed by atoms with E-state index in [0.717, 1.165) is 13.0 Å². The topological polar surface area (TPSA) is 99.5 Å². The normalized spacial score (nSPS) is 14.0. The van der Waals surface area contributed by atoms with Crippen LogP contribution in [0.15, 0.2) is 30.4 Å². The molecule has 2 heterocycles. The van der Waals surface area contributed by atoms with Crippen molar-refractivity contribution < 1.29 is 19.1 Å². The van der Waals surface area contributed by atoms with E-state index in [1.165, 1.54) is 22.9 Å². The van der Waals surface area contributed by atoms with Gasteiger partial charge < -0.3 is 20.6 Å². The molecule has 31 heavy (non-hydrogen) atoms. The largest absolute Gasteiger partial charge is 0.395 e. The summed E-state index contributed by atoms with van der Waals surface area (Å²) in [4.78, 5) is 27.4. The van der Waals surface area contributed by atoms with Crippen molar-refractivity contribution in [2.75, 3.05) is 31.6 Å². The molecular formula is C21H25ClFN5O3. The van der Waals surface area contributed by atoms with Gasteiger partial charge in [-0.1, -0.05) is 18.2 Å². The van der Waals surface area contributed by atoms with Crippen LogP contribution < -0.4 is 15.5 Å². The average molecular weight is 450 g/mol. The number of aromatic nitrogens is 2. The quantitative estimate of drug-likeness (QED) is 0.588. The monoisotopic (exact) mass is 449 g/mol. The number of nitrogens with one attached hydrogen (secondary N) is 2. The number of aliphatic hydroxyl groups is 1. The molecule has 0 aliphatic carbocycles. The summed E-state index contributed by atoms with van der Waals surface area (Å²) in [5, 5.41) is 18.8. The van der Waals surface area contributed by atoms with Crippen molar-refractivity contribution in [1.82, 2.24) is 20.4 Å². The maximum Gasteiger partial charge on any atom is 0.343 e. The predicted molar refractivity (Wildman–Crippen MR) is 117 cm³/mol. The number of nitrogens with zero attached hydrogens (tertiary/aromatic N) is 3. The summed E-state index contributed by atoms with van der Waals surface area (Å²) in [6.07, 6.45) is 1.36. The number of benzene rings is 1. The minimum absolute atomic E-state index is 0.0542. The second-order valence-corrected chi connectivity index (χ2v) is 7.88. The molecule has 0 bridgehead atoms. The van der Waals surface area contributed by atoms with Crippen LogP contribution in [-0.2, 0) is 11.2 Å². The third kappa shape index (κ3) is 4.72. The van der Waals surface area contributed by atoms with Gasteiger partial charge in [0.25, 0.3) is 0 Å². The van der Waals surface area contributed by atoms with Crippen molar-refractivity contribution in [2.24, 2.45) is 0 Å². The number of anilines is 1. The summed E-state index contributed by atoms with van der Waals surface area (Å²) >= 11 is 6.07. The molecule has 0 unspecified atom stereocenters. The molecule has 1 aromatic heterocycles. The Morgan fingerprint density at radius 2 is 2.16 bits per heavy atom. The highest BCUT2D eigenvalue weighted by atomic mass is 35.5. The molecule has 166 valence electrons. The van der Waals surface area contributed by atoms with Gasteiger partial charge in [0, 0.05) is 30.7 Å². The van der Waals surface area contributed by atoms with Crippen LogP contribution in [0.5, 0.6) is 0 Å². The minimum atomic E-state index is -1.01. The van der Waals surface area contributed by atoms with Crippen molar-refractivity contribution in [3.8, 4) is 11.3 Å². The first kappa shape index (κ1) is 22.8. The fraction of sp³-hybridized carbons (Fsp3) is 0.381. The third-order valence-corrected chi connectivity index (χ3v) is 5.29. The number of rotatable bonds is 6. The molecule has 2 amide bonds. The molecule has 2 aromatic rings. The SMILES string of the molecule is C=C(C)[C@H](NC(=O)n1nc(-c2cc(Cl)ccc2F)c2c1CCCN2C)C(=O)NCCO. The summed E-state index contributed by atoms with van der Waals surface area (Å²) in [5.74, 6) is -0.992. The number of carbonyl (C=O) groups excluding carboxylic acids is 2. The van der Waals surface area contributed by atoms with Crippen molar-refractivity contribution in [3.63, 3.8) is 0 Å². The summed E-state index contributed by atoms with van der Waals surface area (Å²) in [7, 11) is 1.85. The Balaban J connectivity index is 2.01. The first-order valence-electron chi connectivity index (χ1n) is 9.88. The zero-order valence-corrected chi connectivity index (χ0v) is 18.2. The number of aliphatic hydroxyl groups excluding tert-OH is 1. The van der Waals surface area contributed by atoms with E-state index in [2.05, 4.69) is 22.3 Å². The number of carbonyl (C=O) groups is 2. The van der Waals surface area contributed by atoms with Crippen LogP contribution in [0, 0.1) is 5.82 Å². The number of fused-ring (bicyclic) bond motifs is 1. The fourth-order valence-electron chi connectivity index (χ4n) is 3.57. The van der Waals surface area contributed by atoms with E-state index in [1.54, 1.807) is 6.92 Å². The molecule has 3 N–H and O–H groups in total. The Morgan fingerprint density at radius 3 is 2.84 bits per heavy atom. The Bertz CT molecular complexity index is 1020. The van der Waals surface area contributed by atoms with Gasteiger partial charge in [-0.2, -0.15) is 9.78 Å². The molecule has 0 fully saturated rings. The molecule has 0 spiro atoms. The zero-order chi connectivity index (χ0) is 22.7. The first-order chi connectivity index (χ1) is 14.7. The number of amides is 2. The molecule has 1 atom stereocenters. The standard InChI is InChI=1S/C21H25ClFN5O3/c1-12(2)17(20(30)24-8-10-29)25-21(31)28-16-5-4-9-27(3)19(16)18(26-28)14-11-13(22)6-7-15(14)23/h6-7,11,17,29H,1,4-5,8-10H2,2-3H3,(H,24,30)(H,25,31)/t17-/m0/s1. The van der Waals surface area contributed by atoms with Gasteiger partial charge in [0.05, 0.1) is 18.0 Å². The molecule has 3 rings (SSSR count). The van der Waals surface area contributed by atoms with Crippen LogP contribution in [0.2, 0.25) is 5.02 Å². The zero-order valence-electron chi connectivity index (χ0n) is 17.4. The van der Waals surface area contributed by atoms with E-state index >= 15 is 0 Å². The van der Waals surface area contributed by atoms with Crippen LogP contribution >= 0.6 is 11.6 Å². The van der Waals surface area contributed by atoms with E-state index < -0.39 is 23.8 Å². The summed E-state index contributed by atoms with van der Waals surface area (Å²) in [6, 6.07) is 2.54. The lowest BCUT2D eigenvalue weighted by atomic mass is 10.0. The van der Waals surface area contributed by atoms with Gasteiger partial charge in [-0.15, -0.1) is 0 Å². The number of halogens is 2. The van der Waals surface area contributed by atoms with Crippen LogP contribution in [0.4, 0.5) is 14.9 Å². The maximum absolute atomic E-state index is 14.6. The maximum atomic E-state index is 14.6. The van der Waals surface area contributed by atoms with Gasteiger partial charge in [-0.05, 0) is 43.5 Å². The predicted octanol–water partition coefficient (Wildman–Crippen LogP) is 2.34. The van der Waals surface area contributed by atoms with Crippen LogP contribution in [0.3, 0.4) is 0 Å². The highest BCUT2D eigenvalue weighted by Gasteiger charge is 2.31. The summed E-state index contributed by atoms with van der Waals surface area (Å²) < 4.78 is 15.8. The van der Waals surface area contributed by atoms with Crippen molar-refractivity contribution >= 4 is 29.2 Å². The lowest BCUT2D eigenvalue weighted by Crippen LogP contribution is -2.49. The van der Waals surface area contributed by atoms with Crippen LogP contribution in [-0.4, -0.2) is 59.6 Å². The van der Waals surface area contributed by atoms with Crippen LogP contribution in [0.25, 0.3) is 11.3 Å². The van der Waals surface area contributed by atoms with E-state index in [0.29, 0.717) is 34.1 Å². The van der Waals surface area contributed by atoms with Gasteiger partial charge in [-0.25, -0.2) is 9.18 Å². The molecule has 0 saturated heterocycles. The molecular weight excluding hydrogens is 425 g/mol. The first-order valence-corrected chi connectivity index (χ1v) is 10.3. The average Bonchev–Trinajstić information content (AvgIpc) is 3.12. The summed E-state index contributed by atoms with van der Waals surface area (Å²) in [5.41, 5.74) is 2.20. The van der Waals surface area contributed by atoms with Gasteiger partial charge >= 0.3 is 6.03 Å². The minimum Gasteiger partial charge on any atom is -0.395 e. The Labute approximate surface area is 184 Å².